The van der Waals surface area contributed by atoms with E-state index in [1.807, 2.05) is 48.5 Å². The Morgan fingerprint density at radius 2 is 1.69 bits per heavy atom. The second-order valence-electron chi connectivity index (χ2n) is 5.96. The number of rotatable bonds is 6. The highest BCUT2D eigenvalue weighted by Crippen LogP contribution is 2.17. The molecule has 3 rings (SSSR count). The predicted octanol–water partition coefficient (Wildman–Crippen LogP) is 3.95. The first kappa shape index (κ1) is 17.6. The molecule has 0 amide bonds. The lowest BCUT2D eigenvalue weighted by Crippen LogP contribution is -2.01. The topological polar surface area (TPSA) is 70.4 Å². The first-order valence-electron chi connectivity index (χ1n) is 8.30. The first-order valence-corrected chi connectivity index (χ1v) is 8.30. The molecule has 1 aromatic heterocycles. The molecule has 0 fully saturated rings. The number of allylic oxidation sites excluding steroid dienone is 1. The largest absolute Gasteiger partial charge is 0.507 e. The smallest absolute Gasteiger partial charge is 0.207 e. The molecular formula is C22H19NO3. The molecule has 0 spiro atoms. The van der Waals surface area contributed by atoms with Crippen LogP contribution in [0.15, 0.2) is 79.0 Å². The highest BCUT2D eigenvalue weighted by atomic mass is 16.3. The molecule has 0 saturated heterocycles. The maximum atomic E-state index is 12.3. The van der Waals surface area contributed by atoms with E-state index in [9.17, 15) is 9.90 Å². The summed E-state index contributed by atoms with van der Waals surface area (Å²) in [5, 5.41) is 19.5. The van der Waals surface area contributed by atoms with Gasteiger partial charge in [0.05, 0.1) is 6.61 Å². The SMILES string of the molecule is O=C(C=C(O)c1cccc(Cc2ccccc2)c1)c1cc(CO)ccn1. The number of aliphatic hydroxyl groups excluding tert-OH is 2. The fourth-order valence-electron chi connectivity index (χ4n) is 2.66. The van der Waals surface area contributed by atoms with E-state index in [-0.39, 0.29) is 18.1 Å². The molecule has 130 valence electrons. The predicted molar refractivity (Wildman–Crippen MR) is 101 cm³/mol. The van der Waals surface area contributed by atoms with Gasteiger partial charge in [0.25, 0.3) is 0 Å². The van der Waals surface area contributed by atoms with Crippen LogP contribution in [0.5, 0.6) is 0 Å². The lowest BCUT2D eigenvalue weighted by molar-refractivity contribution is 0.104. The van der Waals surface area contributed by atoms with Gasteiger partial charge in [0.1, 0.15) is 11.5 Å². The zero-order chi connectivity index (χ0) is 18.4. The van der Waals surface area contributed by atoms with E-state index in [1.165, 1.54) is 17.8 Å². The molecule has 0 aliphatic carbocycles. The van der Waals surface area contributed by atoms with Crippen LogP contribution in [0.4, 0.5) is 0 Å². The zero-order valence-electron chi connectivity index (χ0n) is 14.2. The van der Waals surface area contributed by atoms with Gasteiger partial charge < -0.3 is 10.2 Å². The van der Waals surface area contributed by atoms with Crippen molar-refractivity contribution >= 4 is 11.5 Å². The highest BCUT2D eigenvalue weighted by Gasteiger charge is 2.09. The summed E-state index contributed by atoms with van der Waals surface area (Å²) in [6.07, 6.45) is 3.37. The number of carbonyl (C=O) groups excluding carboxylic acids is 1. The minimum Gasteiger partial charge on any atom is -0.507 e. The molecule has 0 atom stereocenters. The fraction of sp³-hybridized carbons (Fsp3) is 0.0909. The quantitative estimate of drug-likeness (QED) is 0.403. The normalized spacial score (nSPS) is 11.3. The Morgan fingerprint density at radius 1 is 0.923 bits per heavy atom. The summed E-state index contributed by atoms with van der Waals surface area (Å²) in [6.45, 7) is -0.167. The standard InChI is InChI=1S/C22H19NO3/c24-15-18-9-10-23-20(13-18)22(26)14-21(25)19-8-4-7-17(12-19)11-16-5-2-1-3-6-16/h1-10,12-14,24-25H,11,15H2. The molecule has 0 aliphatic heterocycles. The van der Waals surface area contributed by atoms with Crippen molar-refractivity contribution in [2.24, 2.45) is 0 Å². The number of ketones is 1. The molecule has 2 N–H and O–H groups in total. The Hall–Kier alpha value is -3.24. The molecular weight excluding hydrogens is 326 g/mol. The van der Waals surface area contributed by atoms with Gasteiger partial charge in [0.15, 0.2) is 0 Å². The fourth-order valence-corrected chi connectivity index (χ4v) is 2.66. The molecule has 4 nitrogen and oxygen atoms in total. The Kier molecular flexibility index (Phi) is 5.56. The molecule has 26 heavy (non-hydrogen) atoms. The van der Waals surface area contributed by atoms with Crippen molar-refractivity contribution in [3.63, 3.8) is 0 Å². The highest BCUT2D eigenvalue weighted by molar-refractivity contribution is 6.06. The van der Waals surface area contributed by atoms with Crippen LogP contribution in [0.1, 0.15) is 32.7 Å². The van der Waals surface area contributed by atoms with Crippen LogP contribution in [0.2, 0.25) is 0 Å². The Balaban J connectivity index is 1.80. The third-order valence-corrected chi connectivity index (χ3v) is 4.00. The number of hydrogen-bond donors (Lipinski definition) is 2. The van der Waals surface area contributed by atoms with E-state index in [0.29, 0.717) is 11.1 Å². The van der Waals surface area contributed by atoms with Crippen molar-refractivity contribution in [1.29, 1.82) is 0 Å². The van der Waals surface area contributed by atoms with Gasteiger partial charge in [-0.2, -0.15) is 0 Å². The van der Waals surface area contributed by atoms with Crippen molar-refractivity contribution in [1.82, 2.24) is 4.98 Å². The summed E-state index contributed by atoms with van der Waals surface area (Å²) in [4.78, 5) is 16.3. The van der Waals surface area contributed by atoms with E-state index in [1.54, 1.807) is 12.1 Å². The average Bonchev–Trinajstić information content (AvgIpc) is 2.69. The van der Waals surface area contributed by atoms with Crippen LogP contribution in [0.3, 0.4) is 0 Å². The maximum absolute atomic E-state index is 12.3. The van der Waals surface area contributed by atoms with Gasteiger partial charge in [-0.1, -0.05) is 48.5 Å². The zero-order valence-corrected chi connectivity index (χ0v) is 14.2. The van der Waals surface area contributed by atoms with Gasteiger partial charge in [0, 0.05) is 17.8 Å². The summed E-state index contributed by atoms with van der Waals surface area (Å²) in [7, 11) is 0. The summed E-state index contributed by atoms with van der Waals surface area (Å²) < 4.78 is 0. The second kappa shape index (κ2) is 8.23. The van der Waals surface area contributed by atoms with E-state index in [2.05, 4.69) is 4.98 Å². The van der Waals surface area contributed by atoms with Crippen molar-refractivity contribution in [2.75, 3.05) is 0 Å². The lowest BCUT2D eigenvalue weighted by Gasteiger charge is -2.06. The third-order valence-electron chi connectivity index (χ3n) is 4.00. The molecule has 3 aromatic rings. The molecule has 1 heterocycles. The maximum Gasteiger partial charge on any atom is 0.207 e. The Labute approximate surface area is 152 Å². The molecule has 4 heteroatoms. The lowest BCUT2D eigenvalue weighted by atomic mass is 10.0. The summed E-state index contributed by atoms with van der Waals surface area (Å²) in [6, 6.07) is 20.6. The molecule has 0 saturated carbocycles. The third kappa shape index (κ3) is 4.43. The number of pyridine rings is 1. The van der Waals surface area contributed by atoms with Gasteiger partial charge in [0.2, 0.25) is 5.78 Å². The van der Waals surface area contributed by atoms with Gasteiger partial charge in [-0.25, -0.2) is 0 Å². The summed E-state index contributed by atoms with van der Waals surface area (Å²) in [5.74, 6) is -0.521. The van der Waals surface area contributed by atoms with E-state index in [4.69, 9.17) is 5.11 Å². The number of nitrogens with zero attached hydrogens (tertiary/aromatic N) is 1. The van der Waals surface area contributed by atoms with E-state index in [0.717, 1.165) is 18.1 Å². The molecule has 0 aliphatic rings. The minimum absolute atomic E-state index is 0.110. The van der Waals surface area contributed by atoms with Crippen LogP contribution < -0.4 is 0 Å². The first-order chi connectivity index (χ1) is 12.7. The van der Waals surface area contributed by atoms with Gasteiger partial charge in [-0.05, 0) is 41.3 Å². The van der Waals surface area contributed by atoms with Crippen molar-refractivity contribution in [3.05, 3.63) is 107 Å². The van der Waals surface area contributed by atoms with Crippen LogP contribution >= 0.6 is 0 Å². The number of hydrogen-bond acceptors (Lipinski definition) is 4. The number of aromatic nitrogens is 1. The molecule has 0 bridgehead atoms. The van der Waals surface area contributed by atoms with Crippen LogP contribution in [-0.2, 0) is 13.0 Å². The van der Waals surface area contributed by atoms with E-state index >= 15 is 0 Å². The minimum atomic E-state index is -0.411. The van der Waals surface area contributed by atoms with Crippen LogP contribution in [-0.4, -0.2) is 21.0 Å². The Bertz CT molecular complexity index is 933. The number of carbonyl (C=O) groups is 1. The average molecular weight is 345 g/mol. The summed E-state index contributed by atoms with van der Waals surface area (Å²) >= 11 is 0. The molecule has 0 unspecified atom stereocenters. The van der Waals surface area contributed by atoms with E-state index < -0.39 is 5.78 Å². The number of aliphatic hydroxyl groups is 2. The van der Waals surface area contributed by atoms with Gasteiger partial charge in [-0.3, -0.25) is 9.78 Å². The van der Waals surface area contributed by atoms with Gasteiger partial charge in [-0.15, -0.1) is 0 Å². The number of benzene rings is 2. The van der Waals surface area contributed by atoms with Crippen molar-refractivity contribution < 1.29 is 15.0 Å². The van der Waals surface area contributed by atoms with Crippen LogP contribution in [0, 0.1) is 0 Å². The molecule has 0 radical (unpaired) electrons. The van der Waals surface area contributed by atoms with Gasteiger partial charge >= 0.3 is 0 Å². The van der Waals surface area contributed by atoms with Crippen molar-refractivity contribution in [2.45, 2.75) is 13.0 Å². The second-order valence-corrected chi connectivity index (χ2v) is 5.96. The summed E-state index contributed by atoms with van der Waals surface area (Å²) in [5.41, 5.74) is 3.57. The van der Waals surface area contributed by atoms with Crippen molar-refractivity contribution in [3.8, 4) is 0 Å². The van der Waals surface area contributed by atoms with Crippen LogP contribution in [0.25, 0.3) is 5.76 Å². The molecule has 2 aromatic carbocycles. The Morgan fingerprint density at radius 3 is 2.46 bits per heavy atom. The monoisotopic (exact) mass is 345 g/mol.